The van der Waals surface area contributed by atoms with Gasteiger partial charge >= 0.3 is 5.97 Å². The number of hydrogen-bond acceptors (Lipinski definition) is 5. The third kappa shape index (κ3) is 4.92. The minimum Gasteiger partial charge on any atom is -0.480 e. The number of rotatable bonds is 7. The molecule has 0 aliphatic rings. The molecule has 1 aromatic heterocycles. The second kappa shape index (κ2) is 7.32. The fraction of sp³-hybridized carbons (Fsp3) is 0.417. The van der Waals surface area contributed by atoms with E-state index in [9.17, 15) is 9.59 Å². The molecule has 1 heterocycles. The molecule has 0 radical (unpaired) electrons. The number of carboxylic acid groups (broad SMARTS) is 1. The summed E-state index contributed by atoms with van der Waals surface area (Å²) in [5, 5.41) is 11.1. The van der Waals surface area contributed by atoms with E-state index in [0.29, 0.717) is 13.2 Å². The number of hydrogen-bond donors (Lipinski definition) is 2. The molecule has 2 N–H and O–H groups in total. The number of methoxy groups -OCH3 is 1. The molecule has 0 aliphatic heterocycles. The summed E-state index contributed by atoms with van der Waals surface area (Å²) >= 11 is 0. The highest BCUT2D eigenvalue weighted by Gasteiger charge is 2.15. The molecule has 0 aliphatic carbocycles. The first-order chi connectivity index (χ1) is 9.04. The Hall–Kier alpha value is -2.15. The topological polar surface area (TPSA) is 97.8 Å². The Labute approximate surface area is 110 Å². The van der Waals surface area contributed by atoms with Crippen LogP contribution < -0.4 is 10.1 Å². The van der Waals surface area contributed by atoms with E-state index in [1.54, 1.807) is 7.11 Å². The first kappa shape index (κ1) is 14.9. The van der Waals surface area contributed by atoms with Gasteiger partial charge in [-0.15, -0.1) is 0 Å². The van der Waals surface area contributed by atoms with Crippen LogP contribution in [0.2, 0.25) is 0 Å². The normalized spacial score (nSPS) is 11.7. The Kier molecular flexibility index (Phi) is 5.74. The van der Waals surface area contributed by atoms with E-state index >= 15 is 0 Å². The zero-order valence-electron chi connectivity index (χ0n) is 10.8. The maximum Gasteiger partial charge on any atom is 0.325 e. The number of carbonyl (C=O) groups excluding carboxylic acids is 1. The number of pyridine rings is 1. The van der Waals surface area contributed by atoms with Gasteiger partial charge in [-0.25, -0.2) is 4.98 Å². The van der Waals surface area contributed by atoms with Crippen molar-refractivity contribution in [3.63, 3.8) is 0 Å². The maximum absolute atomic E-state index is 11.8. The Bertz CT molecular complexity index is 450. The fourth-order valence-corrected chi connectivity index (χ4v) is 1.20. The van der Waals surface area contributed by atoms with Gasteiger partial charge in [0.25, 0.3) is 5.91 Å². The molecule has 0 saturated heterocycles. The molecule has 1 aromatic rings. The van der Waals surface area contributed by atoms with Crippen LogP contribution >= 0.6 is 0 Å². The highest BCUT2D eigenvalue weighted by Crippen LogP contribution is 2.09. The summed E-state index contributed by atoms with van der Waals surface area (Å²) in [5.41, 5.74) is 0.288. The van der Waals surface area contributed by atoms with E-state index in [1.807, 2.05) is 0 Å². The van der Waals surface area contributed by atoms with Gasteiger partial charge in [-0.05, 0) is 13.0 Å². The molecule has 19 heavy (non-hydrogen) atoms. The quantitative estimate of drug-likeness (QED) is 0.691. The number of carbonyl (C=O) groups is 2. The van der Waals surface area contributed by atoms with Crippen LogP contribution in [0.3, 0.4) is 0 Å². The van der Waals surface area contributed by atoms with Crippen LogP contribution in [-0.2, 0) is 9.53 Å². The third-order valence-electron chi connectivity index (χ3n) is 2.25. The van der Waals surface area contributed by atoms with Crippen molar-refractivity contribution in [2.45, 2.75) is 13.0 Å². The summed E-state index contributed by atoms with van der Waals surface area (Å²) < 4.78 is 10.1. The fourth-order valence-electron chi connectivity index (χ4n) is 1.20. The van der Waals surface area contributed by atoms with Gasteiger partial charge in [0, 0.05) is 24.9 Å². The predicted octanol–water partition coefficient (Wildman–Crippen LogP) is 0.310. The first-order valence-corrected chi connectivity index (χ1v) is 5.66. The highest BCUT2D eigenvalue weighted by molar-refractivity contribution is 5.96. The second-order valence-electron chi connectivity index (χ2n) is 3.76. The number of nitrogens with zero attached hydrogens (tertiary/aromatic N) is 1. The number of aromatic nitrogens is 1. The monoisotopic (exact) mass is 268 g/mol. The highest BCUT2D eigenvalue weighted by atomic mass is 16.5. The van der Waals surface area contributed by atoms with Gasteiger partial charge in [-0.3, -0.25) is 9.59 Å². The van der Waals surface area contributed by atoms with Crippen molar-refractivity contribution in [2.24, 2.45) is 0 Å². The standard InChI is InChI=1S/C12H16N2O5/c1-8(12(16)17)14-11(15)9-3-4-13-10(7-9)19-6-5-18-2/h3-4,7-8H,5-6H2,1-2H3,(H,14,15)(H,16,17)/t8-/m1/s1. The lowest BCUT2D eigenvalue weighted by Crippen LogP contribution is -2.38. The zero-order chi connectivity index (χ0) is 14.3. The molecule has 0 aromatic carbocycles. The van der Waals surface area contributed by atoms with Crippen LogP contribution in [0, 0.1) is 0 Å². The summed E-state index contributed by atoms with van der Waals surface area (Å²) in [4.78, 5) is 26.3. The molecule has 7 heteroatoms. The zero-order valence-corrected chi connectivity index (χ0v) is 10.8. The largest absolute Gasteiger partial charge is 0.480 e. The number of nitrogens with one attached hydrogen (secondary N) is 1. The molecule has 0 fully saturated rings. The van der Waals surface area contributed by atoms with Crippen LogP contribution in [0.15, 0.2) is 18.3 Å². The molecule has 1 amide bonds. The lowest BCUT2D eigenvalue weighted by atomic mass is 10.2. The van der Waals surface area contributed by atoms with Gasteiger partial charge in [-0.2, -0.15) is 0 Å². The lowest BCUT2D eigenvalue weighted by molar-refractivity contribution is -0.138. The Morgan fingerprint density at radius 3 is 2.84 bits per heavy atom. The molecule has 104 valence electrons. The van der Waals surface area contributed by atoms with Gasteiger partial charge in [0.2, 0.25) is 5.88 Å². The van der Waals surface area contributed by atoms with Crippen LogP contribution in [0.25, 0.3) is 0 Å². The van der Waals surface area contributed by atoms with E-state index in [-0.39, 0.29) is 11.4 Å². The average Bonchev–Trinajstić information content (AvgIpc) is 2.39. The lowest BCUT2D eigenvalue weighted by Gasteiger charge is -2.10. The summed E-state index contributed by atoms with van der Waals surface area (Å²) in [6, 6.07) is 1.96. The Morgan fingerprint density at radius 2 is 2.21 bits per heavy atom. The molecule has 0 saturated carbocycles. The molecule has 0 unspecified atom stereocenters. The Morgan fingerprint density at radius 1 is 1.47 bits per heavy atom. The molecule has 7 nitrogen and oxygen atoms in total. The minimum absolute atomic E-state index is 0.285. The molecule has 1 atom stereocenters. The van der Waals surface area contributed by atoms with Crippen molar-refractivity contribution in [3.05, 3.63) is 23.9 Å². The maximum atomic E-state index is 11.8. The minimum atomic E-state index is -1.10. The van der Waals surface area contributed by atoms with Crippen molar-refractivity contribution >= 4 is 11.9 Å². The number of amides is 1. The van der Waals surface area contributed by atoms with Crippen molar-refractivity contribution in [1.29, 1.82) is 0 Å². The van der Waals surface area contributed by atoms with E-state index < -0.39 is 17.9 Å². The molecular formula is C12H16N2O5. The van der Waals surface area contributed by atoms with Crippen molar-refractivity contribution in [3.8, 4) is 5.88 Å². The number of ether oxygens (including phenoxy) is 2. The summed E-state index contributed by atoms with van der Waals surface area (Å²) in [7, 11) is 1.55. The molecular weight excluding hydrogens is 252 g/mol. The van der Waals surface area contributed by atoms with Crippen molar-refractivity contribution in [2.75, 3.05) is 20.3 Å². The molecule has 0 bridgehead atoms. The number of carboxylic acids is 1. The van der Waals surface area contributed by atoms with Gasteiger partial charge in [0.15, 0.2) is 0 Å². The SMILES string of the molecule is COCCOc1cc(C(=O)N[C@H](C)C(=O)O)ccn1. The van der Waals surface area contributed by atoms with Crippen molar-refractivity contribution < 1.29 is 24.2 Å². The van der Waals surface area contributed by atoms with Crippen LogP contribution in [-0.4, -0.2) is 48.3 Å². The predicted molar refractivity (Wildman–Crippen MR) is 66.2 cm³/mol. The van der Waals surface area contributed by atoms with E-state index in [2.05, 4.69) is 10.3 Å². The molecule has 1 rings (SSSR count). The van der Waals surface area contributed by atoms with Gasteiger partial charge < -0.3 is 19.9 Å². The van der Waals surface area contributed by atoms with Gasteiger partial charge in [0.1, 0.15) is 12.6 Å². The van der Waals surface area contributed by atoms with E-state index in [4.69, 9.17) is 14.6 Å². The summed E-state index contributed by atoms with van der Waals surface area (Å²) in [6.07, 6.45) is 1.42. The first-order valence-electron chi connectivity index (χ1n) is 5.66. The van der Waals surface area contributed by atoms with Crippen molar-refractivity contribution in [1.82, 2.24) is 10.3 Å². The molecule has 0 spiro atoms. The van der Waals surface area contributed by atoms with E-state index in [1.165, 1.54) is 25.3 Å². The van der Waals surface area contributed by atoms with Crippen LogP contribution in [0.4, 0.5) is 0 Å². The van der Waals surface area contributed by atoms with Gasteiger partial charge in [-0.1, -0.05) is 0 Å². The smallest absolute Gasteiger partial charge is 0.325 e. The van der Waals surface area contributed by atoms with Crippen LogP contribution in [0.1, 0.15) is 17.3 Å². The van der Waals surface area contributed by atoms with Gasteiger partial charge in [0.05, 0.1) is 6.61 Å². The second-order valence-corrected chi connectivity index (χ2v) is 3.76. The third-order valence-corrected chi connectivity index (χ3v) is 2.25. The summed E-state index contributed by atoms with van der Waals surface area (Å²) in [6.45, 7) is 2.12. The van der Waals surface area contributed by atoms with E-state index in [0.717, 1.165) is 0 Å². The summed E-state index contributed by atoms with van der Waals surface area (Å²) in [5.74, 6) is -1.31. The van der Waals surface area contributed by atoms with Crippen LogP contribution in [0.5, 0.6) is 5.88 Å². The number of aliphatic carboxylic acids is 1. The average molecular weight is 268 g/mol. The Balaban J connectivity index is 2.65.